The second-order valence-electron chi connectivity index (χ2n) is 3.34. The fourth-order valence-corrected chi connectivity index (χ4v) is 2.12. The van der Waals surface area contributed by atoms with Crippen LogP contribution in [0, 0.1) is 0 Å². The molecule has 4 heteroatoms. The SMILES string of the molecule is CCCOC(=O)CSCc1cccc(Cl)c1. The summed E-state index contributed by atoms with van der Waals surface area (Å²) in [5.41, 5.74) is 1.13. The molecule has 0 aliphatic rings. The van der Waals surface area contributed by atoms with Crippen molar-refractivity contribution < 1.29 is 9.53 Å². The summed E-state index contributed by atoms with van der Waals surface area (Å²) in [7, 11) is 0. The van der Waals surface area contributed by atoms with Gasteiger partial charge in [0.2, 0.25) is 0 Å². The average Bonchev–Trinajstić information content (AvgIpc) is 2.26. The lowest BCUT2D eigenvalue weighted by atomic mass is 10.2. The van der Waals surface area contributed by atoms with Gasteiger partial charge in [-0.1, -0.05) is 30.7 Å². The summed E-state index contributed by atoms with van der Waals surface area (Å²) in [4.78, 5) is 11.2. The van der Waals surface area contributed by atoms with Crippen LogP contribution >= 0.6 is 23.4 Å². The molecule has 0 unspecified atom stereocenters. The molecule has 0 radical (unpaired) electrons. The summed E-state index contributed by atoms with van der Waals surface area (Å²) >= 11 is 7.39. The van der Waals surface area contributed by atoms with E-state index in [-0.39, 0.29) is 5.97 Å². The third-order valence-electron chi connectivity index (χ3n) is 1.84. The molecule has 1 aromatic rings. The highest BCUT2D eigenvalue weighted by molar-refractivity contribution is 7.99. The van der Waals surface area contributed by atoms with E-state index in [0.29, 0.717) is 12.4 Å². The summed E-state index contributed by atoms with van der Waals surface area (Å²) in [6.07, 6.45) is 0.866. The van der Waals surface area contributed by atoms with Crippen LogP contribution in [0.15, 0.2) is 24.3 Å². The van der Waals surface area contributed by atoms with Gasteiger partial charge in [-0.05, 0) is 24.1 Å². The van der Waals surface area contributed by atoms with Crippen molar-refractivity contribution in [1.82, 2.24) is 0 Å². The molecule has 0 saturated heterocycles. The zero-order valence-corrected chi connectivity index (χ0v) is 10.8. The lowest BCUT2D eigenvalue weighted by Crippen LogP contribution is -2.07. The number of hydrogen-bond donors (Lipinski definition) is 0. The summed E-state index contributed by atoms with van der Waals surface area (Å²) in [5, 5.41) is 0.728. The van der Waals surface area contributed by atoms with Gasteiger partial charge >= 0.3 is 5.97 Å². The Morgan fingerprint density at radius 1 is 1.50 bits per heavy atom. The first-order valence-corrected chi connectivity index (χ1v) is 6.73. The monoisotopic (exact) mass is 258 g/mol. The smallest absolute Gasteiger partial charge is 0.315 e. The van der Waals surface area contributed by atoms with E-state index in [4.69, 9.17) is 16.3 Å². The minimum absolute atomic E-state index is 0.145. The molecule has 88 valence electrons. The maximum atomic E-state index is 11.2. The largest absolute Gasteiger partial charge is 0.465 e. The number of hydrogen-bond acceptors (Lipinski definition) is 3. The van der Waals surface area contributed by atoms with Crippen LogP contribution in [0.5, 0.6) is 0 Å². The maximum Gasteiger partial charge on any atom is 0.315 e. The van der Waals surface area contributed by atoms with E-state index in [0.717, 1.165) is 22.8 Å². The lowest BCUT2D eigenvalue weighted by molar-refractivity contribution is -0.140. The molecule has 0 atom stereocenters. The van der Waals surface area contributed by atoms with Gasteiger partial charge in [0.1, 0.15) is 0 Å². The molecule has 0 aliphatic heterocycles. The molecule has 0 aliphatic carbocycles. The molecule has 0 amide bonds. The molecular formula is C12H15ClO2S. The van der Waals surface area contributed by atoms with Crippen molar-refractivity contribution in [2.24, 2.45) is 0 Å². The number of esters is 1. The number of carbonyl (C=O) groups excluding carboxylic acids is 1. The fraction of sp³-hybridized carbons (Fsp3) is 0.417. The Hall–Kier alpha value is -0.670. The predicted molar refractivity (Wildman–Crippen MR) is 68.9 cm³/mol. The van der Waals surface area contributed by atoms with Gasteiger partial charge in [0.05, 0.1) is 12.4 Å². The van der Waals surface area contributed by atoms with Gasteiger partial charge in [0.25, 0.3) is 0 Å². The third kappa shape index (κ3) is 5.42. The zero-order valence-electron chi connectivity index (χ0n) is 9.24. The molecule has 0 bridgehead atoms. The van der Waals surface area contributed by atoms with Crippen molar-refractivity contribution in [2.75, 3.05) is 12.4 Å². The summed E-state index contributed by atoms with van der Waals surface area (Å²) in [5.74, 6) is 1.03. The van der Waals surface area contributed by atoms with Crippen LogP contribution in [0.4, 0.5) is 0 Å². The third-order valence-corrected chi connectivity index (χ3v) is 3.06. The van der Waals surface area contributed by atoms with Crippen LogP contribution in [-0.2, 0) is 15.3 Å². The van der Waals surface area contributed by atoms with E-state index in [2.05, 4.69) is 0 Å². The Balaban J connectivity index is 2.22. The Kier molecular flexibility index (Phi) is 6.34. The standard InChI is InChI=1S/C12H15ClO2S/c1-2-6-15-12(14)9-16-8-10-4-3-5-11(13)7-10/h3-5,7H,2,6,8-9H2,1H3. The predicted octanol–water partition coefficient (Wildman–Crippen LogP) is 3.53. The number of benzene rings is 1. The molecule has 0 fully saturated rings. The molecule has 0 aromatic heterocycles. The topological polar surface area (TPSA) is 26.3 Å². The summed E-state index contributed by atoms with van der Waals surface area (Å²) in [6, 6.07) is 7.65. The molecule has 1 rings (SSSR count). The van der Waals surface area contributed by atoms with Gasteiger partial charge in [0.15, 0.2) is 0 Å². The molecular weight excluding hydrogens is 244 g/mol. The normalized spacial score (nSPS) is 10.1. The van der Waals surface area contributed by atoms with Gasteiger partial charge in [-0.3, -0.25) is 4.79 Å². The maximum absolute atomic E-state index is 11.2. The molecule has 2 nitrogen and oxygen atoms in total. The molecule has 16 heavy (non-hydrogen) atoms. The van der Waals surface area contributed by atoms with Gasteiger partial charge in [-0.25, -0.2) is 0 Å². The lowest BCUT2D eigenvalue weighted by Gasteiger charge is -2.03. The fourth-order valence-electron chi connectivity index (χ4n) is 1.14. The Labute approximate surface area is 105 Å². The first-order chi connectivity index (χ1) is 7.72. The Morgan fingerprint density at radius 3 is 3.00 bits per heavy atom. The number of rotatable bonds is 6. The quantitative estimate of drug-likeness (QED) is 0.731. The van der Waals surface area contributed by atoms with Gasteiger partial charge in [0, 0.05) is 10.8 Å². The van der Waals surface area contributed by atoms with E-state index >= 15 is 0 Å². The minimum atomic E-state index is -0.145. The van der Waals surface area contributed by atoms with Crippen LogP contribution in [0.25, 0.3) is 0 Å². The summed E-state index contributed by atoms with van der Waals surface area (Å²) < 4.78 is 4.97. The van der Waals surface area contributed by atoms with E-state index in [1.807, 2.05) is 31.2 Å². The molecule has 1 aromatic carbocycles. The first-order valence-electron chi connectivity index (χ1n) is 5.20. The summed E-state index contributed by atoms with van der Waals surface area (Å²) in [6.45, 7) is 2.49. The molecule has 0 heterocycles. The number of ether oxygens (including phenoxy) is 1. The Bertz CT molecular complexity index is 342. The van der Waals surface area contributed by atoms with E-state index in [1.165, 1.54) is 0 Å². The highest BCUT2D eigenvalue weighted by atomic mass is 35.5. The highest BCUT2D eigenvalue weighted by Gasteiger charge is 2.02. The van der Waals surface area contributed by atoms with Crippen molar-refractivity contribution in [2.45, 2.75) is 19.1 Å². The molecule has 0 N–H and O–H groups in total. The second kappa shape index (κ2) is 7.58. The van der Waals surface area contributed by atoms with Crippen molar-refractivity contribution in [3.8, 4) is 0 Å². The van der Waals surface area contributed by atoms with Crippen molar-refractivity contribution in [3.05, 3.63) is 34.9 Å². The average molecular weight is 259 g/mol. The first kappa shape index (κ1) is 13.4. The van der Waals surface area contributed by atoms with E-state index < -0.39 is 0 Å². The van der Waals surface area contributed by atoms with E-state index in [1.54, 1.807) is 11.8 Å². The van der Waals surface area contributed by atoms with Crippen LogP contribution in [0.1, 0.15) is 18.9 Å². The highest BCUT2D eigenvalue weighted by Crippen LogP contribution is 2.16. The van der Waals surface area contributed by atoms with Crippen molar-refractivity contribution in [1.29, 1.82) is 0 Å². The number of carbonyl (C=O) groups is 1. The van der Waals surface area contributed by atoms with E-state index in [9.17, 15) is 4.79 Å². The van der Waals surface area contributed by atoms with Crippen molar-refractivity contribution in [3.63, 3.8) is 0 Å². The molecule has 0 saturated carbocycles. The Morgan fingerprint density at radius 2 is 2.31 bits per heavy atom. The van der Waals surface area contributed by atoms with Crippen LogP contribution < -0.4 is 0 Å². The van der Waals surface area contributed by atoms with Gasteiger partial charge in [-0.2, -0.15) is 0 Å². The second-order valence-corrected chi connectivity index (χ2v) is 4.77. The zero-order chi connectivity index (χ0) is 11.8. The number of thioether (sulfide) groups is 1. The van der Waals surface area contributed by atoms with Crippen LogP contribution in [-0.4, -0.2) is 18.3 Å². The van der Waals surface area contributed by atoms with Gasteiger partial charge < -0.3 is 4.74 Å². The minimum Gasteiger partial charge on any atom is -0.465 e. The van der Waals surface area contributed by atoms with Crippen molar-refractivity contribution >= 4 is 29.3 Å². The number of halogens is 1. The van der Waals surface area contributed by atoms with Crippen LogP contribution in [0.3, 0.4) is 0 Å². The molecule has 0 spiro atoms. The van der Waals surface area contributed by atoms with Crippen LogP contribution in [0.2, 0.25) is 5.02 Å². The van der Waals surface area contributed by atoms with Gasteiger partial charge in [-0.15, -0.1) is 11.8 Å².